The summed E-state index contributed by atoms with van der Waals surface area (Å²) >= 11 is 0. The van der Waals surface area contributed by atoms with Crippen molar-refractivity contribution in [1.82, 2.24) is 0 Å². The summed E-state index contributed by atoms with van der Waals surface area (Å²) in [5.41, 5.74) is 1.62. The van der Waals surface area contributed by atoms with Gasteiger partial charge >= 0.3 is 0 Å². The normalized spacial score (nSPS) is 13.5. The maximum absolute atomic E-state index is 10.1. The molecule has 17 heavy (non-hydrogen) atoms. The van der Waals surface area contributed by atoms with Crippen molar-refractivity contribution in [3.8, 4) is 5.75 Å². The Bertz CT molecular complexity index is 366. The molecule has 0 aliphatic carbocycles. The maximum atomic E-state index is 10.1. The summed E-state index contributed by atoms with van der Waals surface area (Å²) < 4.78 is 10.8. The first-order valence-electron chi connectivity index (χ1n) is 5.80. The lowest BCUT2D eigenvalue weighted by Crippen LogP contribution is -2.23. The Balaban J connectivity index is 2.80. The molecule has 0 bridgehead atoms. The fourth-order valence-corrected chi connectivity index (χ4v) is 1.53. The Morgan fingerprint density at radius 2 is 1.94 bits per heavy atom. The lowest BCUT2D eigenvalue weighted by atomic mass is 10.1. The van der Waals surface area contributed by atoms with Crippen LogP contribution in [-0.4, -0.2) is 24.4 Å². The number of aryl methyl sites for hydroxylation is 1. The van der Waals surface area contributed by atoms with Gasteiger partial charge < -0.3 is 14.6 Å². The first kappa shape index (κ1) is 14.0. The highest BCUT2D eigenvalue weighted by atomic mass is 16.5. The molecule has 0 heterocycles. The van der Waals surface area contributed by atoms with Crippen molar-refractivity contribution in [3.05, 3.63) is 29.3 Å². The summed E-state index contributed by atoms with van der Waals surface area (Å²) in [6.45, 7) is 8.15. The molecule has 96 valence electrons. The van der Waals surface area contributed by atoms with Crippen LogP contribution in [0, 0.1) is 6.92 Å². The van der Waals surface area contributed by atoms with E-state index < -0.39 is 6.10 Å². The molecule has 1 rings (SSSR count). The molecule has 0 saturated heterocycles. The lowest BCUT2D eigenvalue weighted by Gasteiger charge is -2.23. The van der Waals surface area contributed by atoms with E-state index in [1.54, 1.807) is 7.11 Å². The summed E-state index contributed by atoms with van der Waals surface area (Å²) in [6.07, 6.45) is -0.663. The molecule has 0 fully saturated rings. The Kier molecular flexibility index (Phi) is 4.54. The molecule has 3 heteroatoms. The summed E-state index contributed by atoms with van der Waals surface area (Å²) in [5, 5.41) is 10.1. The molecule has 1 aromatic carbocycles. The molecule has 0 spiro atoms. The van der Waals surface area contributed by atoms with Crippen LogP contribution in [0.25, 0.3) is 0 Å². The predicted octanol–water partition coefficient (Wildman–Crippen LogP) is 2.85. The van der Waals surface area contributed by atoms with Gasteiger partial charge in [0, 0.05) is 5.56 Å². The monoisotopic (exact) mass is 238 g/mol. The van der Waals surface area contributed by atoms with Gasteiger partial charge in [0.1, 0.15) is 11.9 Å². The summed E-state index contributed by atoms with van der Waals surface area (Å²) in [5.74, 6) is 0.695. The quantitative estimate of drug-likeness (QED) is 0.876. The lowest BCUT2D eigenvalue weighted by molar-refractivity contribution is -0.0501. The number of hydrogen-bond acceptors (Lipinski definition) is 3. The Labute approximate surface area is 103 Å². The molecule has 0 saturated carbocycles. The number of ether oxygens (including phenoxy) is 2. The fourth-order valence-electron chi connectivity index (χ4n) is 1.53. The van der Waals surface area contributed by atoms with Gasteiger partial charge in [-0.1, -0.05) is 11.6 Å². The van der Waals surface area contributed by atoms with Gasteiger partial charge in [-0.2, -0.15) is 0 Å². The number of aliphatic hydroxyl groups is 1. The van der Waals surface area contributed by atoms with Crippen molar-refractivity contribution >= 4 is 0 Å². The first-order valence-corrected chi connectivity index (χ1v) is 5.80. The van der Waals surface area contributed by atoms with E-state index in [1.807, 2.05) is 45.9 Å². The van der Waals surface area contributed by atoms with Gasteiger partial charge in [0.15, 0.2) is 0 Å². The van der Waals surface area contributed by atoms with E-state index >= 15 is 0 Å². The van der Waals surface area contributed by atoms with Crippen LogP contribution in [0.4, 0.5) is 0 Å². The Morgan fingerprint density at radius 1 is 1.29 bits per heavy atom. The van der Waals surface area contributed by atoms with Gasteiger partial charge in [0.05, 0.1) is 19.3 Å². The predicted molar refractivity (Wildman–Crippen MR) is 68.4 cm³/mol. The highest BCUT2D eigenvalue weighted by molar-refractivity contribution is 5.38. The molecule has 1 aromatic rings. The van der Waals surface area contributed by atoms with Crippen molar-refractivity contribution in [2.45, 2.75) is 39.4 Å². The highest BCUT2D eigenvalue weighted by Gasteiger charge is 2.17. The van der Waals surface area contributed by atoms with Crippen LogP contribution in [0.2, 0.25) is 0 Å². The molecule has 1 N–H and O–H groups in total. The molecule has 0 radical (unpaired) electrons. The molecule has 0 aliphatic rings. The average molecular weight is 238 g/mol. The minimum absolute atomic E-state index is 0.252. The summed E-state index contributed by atoms with van der Waals surface area (Å²) in [6, 6.07) is 5.75. The molecule has 0 amide bonds. The molecular weight excluding hydrogens is 216 g/mol. The van der Waals surface area contributed by atoms with E-state index in [9.17, 15) is 5.11 Å². The van der Waals surface area contributed by atoms with E-state index in [0.717, 1.165) is 11.1 Å². The van der Waals surface area contributed by atoms with Crippen molar-refractivity contribution < 1.29 is 14.6 Å². The number of methoxy groups -OCH3 is 1. The van der Waals surface area contributed by atoms with Gasteiger partial charge in [0.2, 0.25) is 0 Å². The van der Waals surface area contributed by atoms with Gasteiger partial charge in [-0.25, -0.2) is 0 Å². The largest absolute Gasteiger partial charge is 0.496 e. The third kappa shape index (κ3) is 4.36. The van der Waals surface area contributed by atoms with E-state index in [2.05, 4.69) is 0 Å². The van der Waals surface area contributed by atoms with Crippen molar-refractivity contribution in [2.75, 3.05) is 13.7 Å². The summed E-state index contributed by atoms with van der Waals surface area (Å²) in [7, 11) is 1.60. The van der Waals surface area contributed by atoms with Crippen LogP contribution in [0.1, 0.15) is 38.0 Å². The van der Waals surface area contributed by atoms with Gasteiger partial charge in [-0.15, -0.1) is 0 Å². The van der Waals surface area contributed by atoms with E-state index in [-0.39, 0.29) is 12.2 Å². The van der Waals surface area contributed by atoms with Crippen LogP contribution < -0.4 is 4.74 Å². The second kappa shape index (κ2) is 5.52. The van der Waals surface area contributed by atoms with Crippen LogP contribution >= 0.6 is 0 Å². The molecule has 0 aromatic heterocycles. The zero-order valence-corrected chi connectivity index (χ0v) is 11.3. The topological polar surface area (TPSA) is 38.7 Å². The standard InChI is InChI=1S/C14H22O3/c1-10-6-7-13(16-5)11(8-10)12(15)9-17-14(2,3)4/h6-8,12,15H,9H2,1-5H3. The molecule has 3 nitrogen and oxygen atoms in total. The number of rotatable bonds is 4. The Hall–Kier alpha value is -1.06. The highest BCUT2D eigenvalue weighted by Crippen LogP contribution is 2.27. The summed E-state index contributed by atoms with van der Waals surface area (Å²) in [4.78, 5) is 0. The minimum atomic E-state index is -0.663. The van der Waals surface area contributed by atoms with Crippen molar-refractivity contribution in [1.29, 1.82) is 0 Å². The Morgan fingerprint density at radius 3 is 2.47 bits per heavy atom. The van der Waals surface area contributed by atoms with Crippen LogP contribution in [0.3, 0.4) is 0 Å². The van der Waals surface area contributed by atoms with E-state index in [4.69, 9.17) is 9.47 Å². The number of benzene rings is 1. The second-order valence-electron chi connectivity index (χ2n) is 5.18. The van der Waals surface area contributed by atoms with Crippen LogP contribution in [-0.2, 0) is 4.74 Å². The third-order valence-electron chi connectivity index (χ3n) is 2.42. The SMILES string of the molecule is COc1ccc(C)cc1C(O)COC(C)(C)C. The minimum Gasteiger partial charge on any atom is -0.496 e. The van der Waals surface area contributed by atoms with Crippen molar-refractivity contribution in [3.63, 3.8) is 0 Å². The van der Waals surface area contributed by atoms with E-state index in [0.29, 0.717) is 5.75 Å². The zero-order chi connectivity index (χ0) is 13.1. The molecule has 0 aliphatic heterocycles. The zero-order valence-electron chi connectivity index (χ0n) is 11.3. The van der Waals surface area contributed by atoms with Gasteiger partial charge in [-0.05, 0) is 39.8 Å². The third-order valence-corrected chi connectivity index (χ3v) is 2.42. The first-order chi connectivity index (χ1) is 7.83. The van der Waals surface area contributed by atoms with E-state index in [1.165, 1.54) is 0 Å². The maximum Gasteiger partial charge on any atom is 0.124 e. The fraction of sp³-hybridized carbons (Fsp3) is 0.571. The molecule has 1 unspecified atom stereocenters. The van der Waals surface area contributed by atoms with Crippen LogP contribution in [0.5, 0.6) is 5.75 Å². The number of hydrogen-bond donors (Lipinski definition) is 1. The smallest absolute Gasteiger partial charge is 0.124 e. The number of aliphatic hydroxyl groups excluding tert-OH is 1. The molecular formula is C14H22O3. The van der Waals surface area contributed by atoms with Gasteiger partial charge in [-0.3, -0.25) is 0 Å². The average Bonchev–Trinajstić information content (AvgIpc) is 2.25. The second-order valence-corrected chi connectivity index (χ2v) is 5.18. The van der Waals surface area contributed by atoms with Crippen LogP contribution in [0.15, 0.2) is 18.2 Å². The van der Waals surface area contributed by atoms with Gasteiger partial charge in [0.25, 0.3) is 0 Å². The molecule has 1 atom stereocenters. The van der Waals surface area contributed by atoms with Crippen molar-refractivity contribution in [2.24, 2.45) is 0 Å².